The van der Waals surface area contributed by atoms with E-state index in [9.17, 15) is 0 Å². The maximum absolute atomic E-state index is 6.42. The van der Waals surface area contributed by atoms with Gasteiger partial charge in [0.15, 0.2) is 0 Å². The standard InChI is InChI=1S/C21H16ClN3/c22-18-10-3-4-11-19(18)25-21-17(12-13-23-21)20(24-25)16-9-5-7-14-6-1-2-8-15(14)16/h1-11,23H,12-13H2. The van der Waals surface area contributed by atoms with E-state index in [1.807, 2.05) is 28.9 Å². The van der Waals surface area contributed by atoms with E-state index in [0.29, 0.717) is 5.02 Å². The summed E-state index contributed by atoms with van der Waals surface area (Å²) in [6, 6.07) is 22.7. The van der Waals surface area contributed by atoms with Gasteiger partial charge in [0.25, 0.3) is 0 Å². The van der Waals surface area contributed by atoms with Gasteiger partial charge in [-0.3, -0.25) is 0 Å². The fourth-order valence-corrected chi connectivity index (χ4v) is 3.84. The summed E-state index contributed by atoms with van der Waals surface area (Å²) in [6.07, 6.45) is 0.971. The van der Waals surface area contributed by atoms with Crippen LogP contribution in [-0.4, -0.2) is 16.3 Å². The number of aromatic nitrogens is 2. The summed E-state index contributed by atoms with van der Waals surface area (Å²) in [7, 11) is 0. The van der Waals surface area contributed by atoms with Crippen molar-refractivity contribution in [1.29, 1.82) is 0 Å². The Hall–Kier alpha value is -2.78. The van der Waals surface area contributed by atoms with Gasteiger partial charge >= 0.3 is 0 Å². The van der Waals surface area contributed by atoms with Crippen LogP contribution in [0.3, 0.4) is 0 Å². The molecule has 0 saturated carbocycles. The molecule has 5 rings (SSSR count). The number of nitrogens with zero attached hydrogens (tertiary/aromatic N) is 2. The van der Waals surface area contributed by atoms with E-state index in [2.05, 4.69) is 47.8 Å². The highest BCUT2D eigenvalue weighted by Gasteiger charge is 2.25. The highest BCUT2D eigenvalue weighted by Crippen LogP contribution is 2.38. The van der Waals surface area contributed by atoms with Crippen molar-refractivity contribution in [3.8, 4) is 16.9 Å². The second-order valence-corrected chi connectivity index (χ2v) is 6.65. The third kappa shape index (κ3) is 2.24. The number of hydrogen-bond donors (Lipinski definition) is 1. The molecule has 2 heterocycles. The van der Waals surface area contributed by atoms with Gasteiger partial charge in [0.2, 0.25) is 0 Å². The first kappa shape index (κ1) is 14.6. The minimum Gasteiger partial charge on any atom is -0.369 e. The van der Waals surface area contributed by atoms with Crippen LogP contribution in [0.4, 0.5) is 5.82 Å². The second kappa shape index (κ2) is 5.64. The van der Waals surface area contributed by atoms with Crippen molar-refractivity contribution in [2.24, 2.45) is 0 Å². The molecule has 0 fully saturated rings. The lowest BCUT2D eigenvalue weighted by molar-refractivity contribution is 0.883. The van der Waals surface area contributed by atoms with E-state index >= 15 is 0 Å². The van der Waals surface area contributed by atoms with E-state index in [1.165, 1.54) is 21.9 Å². The lowest BCUT2D eigenvalue weighted by Gasteiger charge is -2.08. The number of rotatable bonds is 2. The minimum atomic E-state index is 0.700. The Morgan fingerprint density at radius 3 is 2.64 bits per heavy atom. The van der Waals surface area contributed by atoms with Crippen molar-refractivity contribution in [3.05, 3.63) is 77.3 Å². The predicted molar refractivity (Wildman–Crippen MR) is 104 cm³/mol. The first-order valence-electron chi connectivity index (χ1n) is 8.42. The van der Waals surface area contributed by atoms with E-state index in [4.69, 9.17) is 16.7 Å². The van der Waals surface area contributed by atoms with Crippen LogP contribution in [0, 0.1) is 0 Å². The van der Waals surface area contributed by atoms with E-state index in [-0.39, 0.29) is 0 Å². The van der Waals surface area contributed by atoms with Crippen molar-refractivity contribution in [2.45, 2.75) is 6.42 Å². The van der Waals surface area contributed by atoms with Gasteiger partial charge in [0, 0.05) is 17.7 Å². The number of hydrogen-bond acceptors (Lipinski definition) is 2. The Morgan fingerprint density at radius 1 is 0.920 bits per heavy atom. The highest BCUT2D eigenvalue weighted by atomic mass is 35.5. The molecule has 0 unspecified atom stereocenters. The Labute approximate surface area is 150 Å². The summed E-state index contributed by atoms with van der Waals surface area (Å²) in [6.45, 7) is 0.926. The molecule has 25 heavy (non-hydrogen) atoms. The number of benzene rings is 3. The molecule has 1 aliphatic heterocycles. The lowest BCUT2D eigenvalue weighted by atomic mass is 9.99. The summed E-state index contributed by atoms with van der Waals surface area (Å²) in [4.78, 5) is 0. The van der Waals surface area contributed by atoms with Crippen LogP contribution in [0.1, 0.15) is 5.56 Å². The minimum absolute atomic E-state index is 0.700. The van der Waals surface area contributed by atoms with Crippen LogP contribution in [0.5, 0.6) is 0 Å². The smallest absolute Gasteiger partial charge is 0.133 e. The molecule has 3 nitrogen and oxygen atoms in total. The van der Waals surface area contributed by atoms with Crippen molar-refractivity contribution < 1.29 is 0 Å². The number of halogens is 1. The van der Waals surface area contributed by atoms with Gasteiger partial charge in [-0.05, 0) is 29.3 Å². The van der Waals surface area contributed by atoms with Gasteiger partial charge < -0.3 is 5.32 Å². The molecule has 4 aromatic rings. The molecule has 1 aliphatic rings. The van der Waals surface area contributed by atoms with Crippen molar-refractivity contribution in [3.63, 3.8) is 0 Å². The van der Waals surface area contributed by atoms with Gasteiger partial charge in [-0.1, -0.05) is 66.2 Å². The van der Waals surface area contributed by atoms with Crippen molar-refractivity contribution >= 4 is 28.2 Å². The Morgan fingerprint density at radius 2 is 1.72 bits per heavy atom. The van der Waals surface area contributed by atoms with E-state index in [0.717, 1.165) is 30.2 Å². The zero-order valence-corrected chi connectivity index (χ0v) is 14.3. The molecule has 1 aromatic heterocycles. The topological polar surface area (TPSA) is 29.9 Å². The zero-order chi connectivity index (χ0) is 16.8. The molecule has 122 valence electrons. The average Bonchev–Trinajstić information content (AvgIpc) is 3.25. The molecular formula is C21H16ClN3. The van der Waals surface area contributed by atoms with Crippen LogP contribution in [-0.2, 0) is 6.42 Å². The summed E-state index contributed by atoms with van der Waals surface area (Å²) >= 11 is 6.42. The molecular weight excluding hydrogens is 330 g/mol. The first-order chi connectivity index (χ1) is 12.3. The van der Waals surface area contributed by atoms with Gasteiger partial charge in [-0.25, -0.2) is 4.68 Å². The molecule has 1 N–H and O–H groups in total. The molecule has 0 amide bonds. The molecule has 3 aromatic carbocycles. The molecule has 0 spiro atoms. The van der Waals surface area contributed by atoms with Crippen LogP contribution in [0.2, 0.25) is 5.02 Å². The fraction of sp³-hybridized carbons (Fsp3) is 0.0952. The van der Waals surface area contributed by atoms with Gasteiger partial charge in [0.1, 0.15) is 5.82 Å². The zero-order valence-electron chi connectivity index (χ0n) is 13.5. The van der Waals surface area contributed by atoms with Crippen LogP contribution < -0.4 is 5.32 Å². The maximum Gasteiger partial charge on any atom is 0.133 e. The number of nitrogens with one attached hydrogen (secondary N) is 1. The Bertz CT molecular complexity index is 1090. The third-order valence-electron chi connectivity index (χ3n) is 4.78. The first-order valence-corrected chi connectivity index (χ1v) is 8.79. The number of para-hydroxylation sites is 1. The van der Waals surface area contributed by atoms with E-state index in [1.54, 1.807) is 0 Å². The van der Waals surface area contributed by atoms with Crippen LogP contribution in [0.25, 0.3) is 27.7 Å². The SMILES string of the molecule is Clc1ccccc1-n1nc(-c2cccc3ccccc23)c2c1NCC2. The third-order valence-corrected chi connectivity index (χ3v) is 5.10. The Kier molecular flexibility index (Phi) is 3.28. The summed E-state index contributed by atoms with van der Waals surface area (Å²) in [5, 5.41) is 11.6. The van der Waals surface area contributed by atoms with Crippen LogP contribution >= 0.6 is 11.6 Å². The quantitative estimate of drug-likeness (QED) is 0.533. The molecule has 0 bridgehead atoms. The lowest BCUT2D eigenvalue weighted by Crippen LogP contribution is -2.04. The normalized spacial score (nSPS) is 13.0. The van der Waals surface area contributed by atoms with Crippen LogP contribution in [0.15, 0.2) is 66.7 Å². The second-order valence-electron chi connectivity index (χ2n) is 6.24. The molecule has 0 aliphatic carbocycles. The van der Waals surface area contributed by atoms with Gasteiger partial charge in [-0.15, -0.1) is 0 Å². The molecule has 0 atom stereocenters. The summed E-state index contributed by atoms with van der Waals surface area (Å²) < 4.78 is 1.95. The van der Waals surface area contributed by atoms with Gasteiger partial charge in [0.05, 0.1) is 16.4 Å². The summed E-state index contributed by atoms with van der Waals surface area (Å²) in [5.74, 6) is 1.05. The van der Waals surface area contributed by atoms with Gasteiger partial charge in [-0.2, -0.15) is 5.10 Å². The predicted octanol–water partition coefficient (Wildman–Crippen LogP) is 5.31. The Balaban J connectivity index is 1.79. The summed E-state index contributed by atoms with van der Waals surface area (Å²) in [5.41, 5.74) is 4.37. The fourth-order valence-electron chi connectivity index (χ4n) is 3.62. The highest BCUT2D eigenvalue weighted by molar-refractivity contribution is 6.32. The molecule has 0 saturated heterocycles. The number of anilines is 1. The average molecular weight is 346 g/mol. The molecule has 0 radical (unpaired) electrons. The monoisotopic (exact) mass is 345 g/mol. The maximum atomic E-state index is 6.42. The largest absolute Gasteiger partial charge is 0.369 e. The van der Waals surface area contributed by atoms with Crippen molar-refractivity contribution in [1.82, 2.24) is 9.78 Å². The van der Waals surface area contributed by atoms with E-state index < -0.39 is 0 Å². The van der Waals surface area contributed by atoms with Crippen molar-refractivity contribution in [2.75, 3.05) is 11.9 Å². The number of fused-ring (bicyclic) bond motifs is 2. The molecule has 4 heteroatoms.